The monoisotopic (exact) mass is 474 g/mol. The second-order valence-corrected chi connectivity index (χ2v) is 9.20. The Bertz CT molecular complexity index is 1620. The number of rotatable bonds is 5. The maximum absolute atomic E-state index is 11.5. The number of pyridine rings is 1. The van der Waals surface area contributed by atoms with Gasteiger partial charge in [0.2, 0.25) is 5.91 Å². The summed E-state index contributed by atoms with van der Waals surface area (Å²) in [5.74, 6) is -0.0923. The van der Waals surface area contributed by atoms with Crippen molar-refractivity contribution in [2.45, 2.75) is 32.7 Å². The van der Waals surface area contributed by atoms with E-state index in [-0.39, 0.29) is 5.91 Å². The summed E-state index contributed by atoms with van der Waals surface area (Å²) in [5.41, 5.74) is 8.25. The molecular weight excluding hydrogens is 448 g/mol. The van der Waals surface area contributed by atoms with E-state index in [0.717, 1.165) is 69.1 Å². The lowest BCUT2D eigenvalue weighted by Crippen LogP contribution is -2.15. The van der Waals surface area contributed by atoms with Crippen LogP contribution >= 0.6 is 0 Å². The number of para-hydroxylation sites is 2. The van der Waals surface area contributed by atoms with E-state index >= 15 is 0 Å². The van der Waals surface area contributed by atoms with Crippen molar-refractivity contribution in [2.24, 2.45) is 4.99 Å². The van der Waals surface area contributed by atoms with Crippen molar-refractivity contribution >= 4 is 34.0 Å². The van der Waals surface area contributed by atoms with Crippen molar-refractivity contribution in [1.82, 2.24) is 14.5 Å². The minimum atomic E-state index is -0.0923. The first kappa shape index (κ1) is 22.0. The number of anilines is 3. The molecule has 6 rings (SSSR count). The summed E-state index contributed by atoms with van der Waals surface area (Å²) in [6.07, 6.45) is 4.07. The quantitative estimate of drug-likeness (QED) is 0.325. The van der Waals surface area contributed by atoms with Gasteiger partial charge in [0.05, 0.1) is 51.4 Å². The number of carbonyl (C=O) groups excluding carboxylic acids is 1. The van der Waals surface area contributed by atoms with Crippen LogP contribution in [0, 0.1) is 6.92 Å². The molecule has 0 spiro atoms. The number of aromatic nitrogens is 3. The molecule has 2 N–H and O–H groups in total. The number of nitrogens with one attached hydrogen (secondary N) is 2. The summed E-state index contributed by atoms with van der Waals surface area (Å²) in [6.45, 7) is 3.49. The Labute approximate surface area is 208 Å². The van der Waals surface area contributed by atoms with Gasteiger partial charge in [-0.2, -0.15) is 0 Å². The molecule has 2 heterocycles. The van der Waals surface area contributed by atoms with Crippen LogP contribution in [0.3, 0.4) is 0 Å². The summed E-state index contributed by atoms with van der Waals surface area (Å²) >= 11 is 0. The number of amides is 1. The number of hydrogen-bond donors (Lipinski definition) is 2. The van der Waals surface area contributed by atoms with E-state index in [4.69, 9.17) is 9.98 Å². The molecule has 0 unspecified atom stereocenters. The lowest BCUT2D eigenvalue weighted by atomic mass is 10.1. The molecule has 178 valence electrons. The molecule has 1 fully saturated rings. The first-order valence-corrected chi connectivity index (χ1v) is 12.1. The van der Waals surface area contributed by atoms with Gasteiger partial charge in [-0.15, -0.1) is 0 Å². The number of fused-ring (bicyclic) bond motifs is 2. The van der Waals surface area contributed by atoms with Gasteiger partial charge < -0.3 is 15.2 Å². The number of hydrogen-bond acceptors (Lipinski definition) is 5. The predicted octanol–water partition coefficient (Wildman–Crippen LogP) is 5.60. The zero-order chi connectivity index (χ0) is 24.6. The highest BCUT2D eigenvalue weighted by Crippen LogP contribution is 2.31. The molecule has 0 bridgehead atoms. The fourth-order valence-corrected chi connectivity index (χ4v) is 4.32. The summed E-state index contributed by atoms with van der Waals surface area (Å²) in [4.78, 5) is 25.9. The average molecular weight is 475 g/mol. The maximum Gasteiger partial charge on any atom is 0.221 e. The van der Waals surface area contributed by atoms with Gasteiger partial charge in [0.1, 0.15) is 0 Å². The fraction of sp³-hybridized carbons (Fsp3) is 0.172. The number of benzene rings is 3. The van der Waals surface area contributed by atoms with Gasteiger partial charge >= 0.3 is 0 Å². The van der Waals surface area contributed by atoms with E-state index in [1.807, 2.05) is 67.7 Å². The summed E-state index contributed by atoms with van der Waals surface area (Å²) in [6, 6.07) is 24.6. The first-order chi connectivity index (χ1) is 17.5. The molecule has 0 atom stereocenters. The molecule has 36 heavy (non-hydrogen) atoms. The van der Waals surface area contributed by atoms with Crippen molar-refractivity contribution in [1.29, 1.82) is 0 Å². The van der Waals surface area contributed by atoms with Crippen molar-refractivity contribution in [3.63, 3.8) is 0 Å². The van der Waals surface area contributed by atoms with E-state index in [1.54, 1.807) is 0 Å². The van der Waals surface area contributed by atoms with Gasteiger partial charge in [-0.25, -0.2) is 4.98 Å². The van der Waals surface area contributed by atoms with Crippen LogP contribution in [0.15, 0.2) is 84.0 Å². The average Bonchev–Trinajstić information content (AvgIpc) is 3.69. The molecule has 1 amide bonds. The van der Waals surface area contributed by atoms with E-state index in [9.17, 15) is 4.79 Å². The minimum absolute atomic E-state index is 0.0923. The minimum Gasteiger partial charge on any atom is -0.352 e. The molecule has 7 heteroatoms. The first-order valence-electron chi connectivity index (χ1n) is 12.1. The molecule has 0 saturated heterocycles. The maximum atomic E-state index is 11.5. The van der Waals surface area contributed by atoms with Crippen molar-refractivity contribution in [3.8, 4) is 17.1 Å². The normalized spacial score (nSPS) is 13.8. The van der Waals surface area contributed by atoms with Crippen LogP contribution in [-0.2, 0) is 4.79 Å². The standard InChI is InChI=1S/C29H26N6O/c1-18-7-8-22(17-30-18)33-25-15-27-29(16-26(25)32-21-9-10-21)35(28-6-4-3-5-24(28)34-27)23-13-11-20(12-14-23)31-19(2)36/h3-8,11-17,21,33H,9-10H2,1-2H3,(H,31,36)/b32-26+. The highest BCUT2D eigenvalue weighted by molar-refractivity contribution is 5.89. The van der Waals surface area contributed by atoms with E-state index < -0.39 is 0 Å². The SMILES string of the molecule is CC(=O)Nc1ccc(-n2c3c/c(=N\C4CC4)c(Nc4ccc(C)nc4)cc-3nc3ccccc32)cc1. The highest BCUT2D eigenvalue weighted by atomic mass is 16.1. The highest BCUT2D eigenvalue weighted by Gasteiger charge is 2.22. The lowest BCUT2D eigenvalue weighted by Gasteiger charge is -2.20. The van der Waals surface area contributed by atoms with Crippen LogP contribution in [0.25, 0.3) is 28.1 Å². The Hall–Kier alpha value is -4.52. The second kappa shape index (κ2) is 8.92. The Morgan fingerprint density at radius 1 is 1.00 bits per heavy atom. The topological polar surface area (TPSA) is 84.2 Å². The predicted molar refractivity (Wildman–Crippen MR) is 143 cm³/mol. The summed E-state index contributed by atoms with van der Waals surface area (Å²) in [5, 5.41) is 7.26. The van der Waals surface area contributed by atoms with Gasteiger partial charge in [0, 0.05) is 24.0 Å². The molecule has 1 aliphatic heterocycles. The van der Waals surface area contributed by atoms with Crippen molar-refractivity contribution in [3.05, 3.63) is 90.0 Å². The fourth-order valence-electron chi connectivity index (χ4n) is 4.32. The van der Waals surface area contributed by atoms with E-state index in [0.29, 0.717) is 6.04 Å². The van der Waals surface area contributed by atoms with Gasteiger partial charge in [0.15, 0.2) is 0 Å². The molecule has 1 aromatic heterocycles. The van der Waals surface area contributed by atoms with Gasteiger partial charge in [-0.05, 0) is 80.4 Å². The summed E-state index contributed by atoms with van der Waals surface area (Å²) < 4.78 is 2.21. The number of nitrogens with zero attached hydrogens (tertiary/aromatic N) is 4. The van der Waals surface area contributed by atoms with Gasteiger partial charge in [-0.3, -0.25) is 14.8 Å². The number of aryl methyl sites for hydroxylation is 1. The Balaban J connectivity index is 1.56. The van der Waals surface area contributed by atoms with Crippen LogP contribution in [-0.4, -0.2) is 26.5 Å². The third-order valence-corrected chi connectivity index (χ3v) is 6.20. The molecule has 0 radical (unpaired) electrons. The second-order valence-electron chi connectivity index (χ2n) is 9.20. The van der Waals surface area contributed by atoms with E-state index in [1.165, 1.54) is 6.92 Å². The molecule has 3 aliphatic rings. The van der Waals surface area contributed by atoms with E-state index in [2.05, 4.69) is 38.4 Å². The Morgan fingerprint density at radius 2 is 1.78 bits per heavy atom. The largest absolute Gasteiger partial charge is 0.352 e. The Kier molecular flexibility index (Phi) is 5.45. The van der Waals surface area contributed by atoms with Crippen molar-refractivity contribution in [2.75, 3.05) is 10.6 Å². The van der Waals surface area contributed by atoms with Crippen LogP contribution in [0.5, 0.6) is 0 Å². The van der Waals surface area contributed by atoms with Gasteiger partial charge in [0.25, 0.3) is 0 Å². The molecule has 7 nitrogen and oxygen atoms in total. The Morgan fingerprint density at radius 3 is 2.50 bits per heavy atom. The third kappa shape index (κ3) is 4.43. The smallest absolute Gasteiger partial charge is 0.221 e. The molecule has 3 aromatic rings. The third-order valence-electron chi connectivity index (χ3n) is 6.20. The molecule has 1 saturated carbocycles. The van der Waals surface area contributed by atoms with Crippen LogP contribution < -0.4 is 16.0 Å². The van der Waals surface area contributed by atoms with Crippen LogP contribution in [0.1, 0.15) is 25.5 Å². The molecule has 2 aliphatic carbocycles. The van der Waals surface area contributed by atoms with Gasteiger partial charge in [-0.1, -0.05) is 12.1 Å². The van der Waals surface area contributed by atoms with Crippen LogP contribution in [0.2, 0.25) is 0 Å². The van der Waals surface area contributed by atoms with Crippen molar-refractivity contribution < 1.29 is 4.79 Å². The zero-order valence-corrected chi connectivity index (χ0v) is 20.2. The number of carbonyl (C=O) groups is 1. The zero-order valence-electron chi connectivity index (χ0n) is 20.2. The molecule has 2 aromatic carbocycles. The van der Waals surface area contributed by atoms with Crippen LogP contribution in [0.4, 0.5) is 17.1 Å². The lowest BCUT2D eigenvalue weighted by molar-refractivity contribution is -0.114. The summed E-state index contributed by atoms with van der Waals surface area (Å²) in [7, 11) is 0. The molecular formula is C29H26N6O.